The van der Waals surface area contributed by atoms with Gasteiger partial charge in [-0.2, -0.15) is 4.31 Å². The van der Waals surface area contributed by atoms with Gasteiger partial charge in [0, 0.05) is 43.8 Å². The molecule has 1 amide bonds. The van der Waals surface area contributed by atoms with Gasteiger partial charge in [0.15, 0.2) is 0 Å². The summed E-state index contributed by atoms with van der Waals surface area (Å²) in [5, 5.41) is 2.68. The number of carbonyl (C=O) groups is 1. The van der Waals surface area contributed by atoms with Crippen LogP contribution in [0.1, 0.15) is 29.8 Å². The van der Waals surface area contributed by atoms with E-state index in [9.17, 15) is 13.2 Å². The van der Waals surface area contributed by atoms with Gasteiger partial charge in [-0.05, 0) is 37.6 Å². The van der Waals surface area contributed by atoms with Crippen LogP contribution >= 0.6 is 0 Å². The van der Waals surface area contributed by atoms with Crippen LogP contribution in [0.3, 0.4) is 0 Å². The zero-order valence-corrected chi connectivity index (χ0v) is 18.4. The minimum absolute atomic E-state index is 0.140. The fourth-order valence-electron chi connectivity index (χ4n) is 3.66. The molecule has 0 spiro atoms. The van der Waals surface area contributed by atoms with Gasteiger partial charge in [0.2, 0.25) is 10.0 Å². The van der Waals surface area contributed by atoms with Gasteiger partial charge in [0.05, 0.1) is 4.90 Å². The van der Waals surface area contributed by atoms with E-state index in [0.717, 1.165) is 6.54 Å². The Bertz CT molecular complexity index is 1000. The summed E-state index contributed by atoms with van der Waals surface area (Å²) in [4.78, 5) is 14.7. The van der Waals surface area contributed by atoms with E-state index in [0.29, 0.717) is 31.7 Å². The van der Waals surface area contributed by atoms with Crippen molar-refractivity contribution < 1.29 is 13.2 Å². The third-order valence-electron chi connectivity index (χ3n) is 5.40. The summed E-state index contributed by atoms with van der Waals surface area (Å²) in [6.45, 7) is 10.2. The quantitative estimate of drug-likeness (QED) is 0.690. The highest BCUT2D eigenvalue weighted by molar-refractivity contribution is 7.89. The average Bonchev–Trinajstić information content (AvgIpc) is 2.74. The molecular formula is C23H29N3O3S. The van der Waals surface area contributed by atoms with E-state index in [1.165, 1.54) is 15.9 Å². The zero-order valence-electron chi connectivity index (χ0n) is 17.5. The molecule has 160 valence electrons. The van der Waals surface area contributed by atoms with Gasteiger partial charge < -0.3 is 5.32 Å². The number of carbonyl (C=O) groups excluding carboxylic acids is 1. The number of piperazine rings is 1. The Kier molecular flexibility index (Phi) is 6.75. The van der Waals surface area contributed by atoms with Crippen LogP contribution in [0.2, 0.25) is 0 Å². The minimum atomic E-state index is -3.70. The molecule has 1 N–H and O–H groups in total. The van der Waals surface area contributed by atoms with Crippen molar-refractivity contribution in [2.45, 2.75) is 30.8 Å². The third kappa shape index (κ3) is 4.98. The predicted molar refractivity (Wildman–Crippen MR) is 119 cm³/mol. The van der Waals surface area contributed by atoms with E-state index in [-0.39, 0.29) is 16.3 Å². The van der Waals surface area contributed by atoms with Crippen molar-refractivity contribution in [3.05, 3.63) is 78.4 Å². The Hall–Kier alpha value is -2.48. The molecule has 0 radical (unpaired) electrons. The minimum Gasteiger partial charge on any atom is -0.349 e. The second-order valence-corrected chi connectivity index (χ2v) is 10.0. The van der Waals surface area contributed by atoms with Crippen LogP contribution in [0.15, 0.2) is 72.1 Å². The predicted octanol–water partition coefficient (Wildman–Crippen LogP) is 2.89. The molecule has 1 saturated heterocycles. The summed E-state index contributed by atoms with van der Waals surface area (Å²) in [7, 11) is -3.70. The smallest absolute Gasteiger partial charge is 0.251 e. The second kappa shape index (κ2) is 9.12. The standard InChI is InChI=1S/C23H29N3O3S/c1-4-13-24-22(27)20-11-8-12-21(16-20)30(28,29)26-15-14-25(23(2,3)18-26)17-19-9-6-5-7-10-19/h4-12,16H,1,13-15,17-18H2,2-3H3,(H,24,27). The highest BCUT2D eigenvalue weighted by Crippen LogP contribution is 2.27. The average molecular weight is 428 g/mol. The van der Waals surface area contributed by atoms with Gasteiger partial charge in [-0.25, -0.2) is 8.42 Å². The Morgan fingerprint density at radius 1 is 1.13 bits per heavy atom. The summed E-state index contributed by atoms with van der Waals surface area (Å²) in [5.41, 5.74) is 1.21. The van der Waals surface area contributed by atoms with E-state index in [1.807, 2.05) is 18.2 Å². The van der Waals surface area contributed by atoms with Crippen molar-refractivity contribution in [1.82, 2.24) is 14.5 Å². The molecule has 1 heterocycles. The maximum Gasteiger partial charge on any atom is 0.251 e. The number of amides is 1. The lowest BCUT2D eigenvalue weighted by Gasteiger charge is -2.46. The van der Waals surface area contributed by atoms with Crippen LogP contribution in [0.5, 0.6) is 0 Å². The van der Waals surface area contributed by atoms with E-state index < -0.39 is 10.0 Å². The van der Waals surface area contributed by atoms with Crippen molar-refractivity contribution in [2.24, 2.45) is 0 Å². The first-order chi connectivity index (χ1) is 14.2. The van der Waals surface area contributed by atoms with Crippen LogP contribution < -0.4 is 5.32 Å². The molecule has 0 bridgehead atoms. The molecule has 30 heavy (non-hydrogen) atoms. The lowest BCUT2D eigenvalue weighted by Crippen LogP contribution is -2.59. The summed E-state index contributed by atoms with van der Waals surface area (Å²) in [6, 6.07) is 16.4. The number of nitrogens with zero attached hydrogens (tertiary/aromatic N) is 2. The molecule has 0 unspecified atom stereocenters. The maximum atomic E-state index is 13.3. The van der Waals surface area contributed by atoms with Gasteiger partial charge in [0.1, 0.15) is 0 Å². The van der Waals surface area contributed by atoms with Crippen molar-refractivity contribution in [2.75, 3.05) is 26.2 Å². The normalized spacial score (nSPS) is 17.4. The SMILES string of the molecule is C=CCNC(=O)c1cccc(S(=O)(=O)N2CCN(Cc3ccccc3)C(C)(C)C2)c1. The number of hydrogen-bond donors (Lipinski definition) is 1. The lowest BCUT2D eigenvalue weighted by molar-refractivity contribution is 0.0473. The van der Waals surface area contributed by atoms with Crippen molar-refractivity contribution in [1.29, 1.82) is 0 Å². The molecule has 0 aliphatic carbocycles. The van der Waals surface area contributed by atoms with Crippen LogP contribution in [-0.4, -0.2) is 55.2 Å². The fourth-order valence-corrected chi connectivity index (χ4v) is 5.29. The summed E-state index contributed by atoms with van der Waals surface area (Å²) in [6.07, 6.45) is 1.58. The monoisotopic (exact) mass is 427 g/mol. The number of rotatable bonds is 7. The molecule has 6 nitrogen and oxygen atoms in total. The molecule has 2 aromatic rings. The molecule has 3 rings (SSSR count). The first kappa shape index (κ1) is 22.2. The highest BCUT2D eigenvalue weighted by atomic mass is 32.2. The molecule has 7 heteroatoms. The summed E-state index contributed by atoms with van der Waals surface area (Å²) in [5.74, 6) is -0.319. The van der Waals surface area contributed by atoms with Gasteiger partial charge >= 0.3 is 0 Å². The maximum absolute atomic E-state index is 13.3. The number of nitrogens with one attached hydrogen (secondary N) is 1. The van der Waals surface area contributed by atoms with Crippen molar-refractivity contribution in [3.8, 4) is 0 Å². The Morgan fingerprint density at radius 2 is 1.87 bits per heavy atom. The van der Waals surface area contributed by atoms with Gasteiger partial charge in [0.25, 0.3) is 5.91 Å². The molecule has 0 atom stereocenters. The number of sulfonamides is 1. The van der Waals surface area contributed by atoms with E-state index >= 15 is 0 Å². The lowest BCUT2D eigenvalue weighted by atomic mass is 9.99. The third-order valence-corrected chi connectivity index (χ3v) is 7.24. The van der Waals surface area contributed by atoms with Crippen molar-refractivity contribution in [3.63, 3.8) is 0 Å². The topological polar surface area (TPSA) is 69.7 Å². The molecule has 0 saturated carbocycles. The summed E-state index contributed by atoms with van der Waals surface area (Å²) >= 11 is 0. The first-order valence-electron chi connectivity index (χ1n) is 10.0. The highest BCUT2D eigenvalue weighted by Gasteiger charge is 2.39. The molecule has 1 aliphatic heterocycles. The van der Waals surface area contributed by atoms with Gasteiger partial charge in [-0.1, -0.05) is 42.5 Å². The molecule has 1 aliphatic rings. The van der Waals surface area contributed by atoms with Crippen molar-refractivity contribution >= 4 is 15.9 Å². The Morgan fingerprint density at radius 3 is 2.53 bits per heavy atom. The largest absolute Gasteiger partial charge is 0.349 e. The van der Waals surface area contributed by atoms with Gasteiger partial charge in [-0.15, -0.1) is 6.58 Å². The Labute approximate surface area is 179 Å². The molecule has 0 aromatic heterocycles. The Balaban J connectivity index is 1.76. The fraction of sp³-hybridized carbons (Fsp3) is 0.348. The summed E-state index contributed by atoms with van der Waals surface area (Å²) < 4.78 is 28.1. The number of hydrogen-bond acceptors (Lipinski definition) is 4. The van der Waals surface area contributed by atoms with Crippen LogP contribution in [-0.2, 0) is 16.6 Å². The first-order valence-corrected chi connectivity index (χ1v) is 11.5. The van der Waals surface area contributed by atoms with Crippen LogP contribution in [0.25, 0.3) is 0 Å². The van der Waals surface area contributed by atoms with E-state index in [4.69, 9.17) is 0 Å². The molecular weight excluding hydrogens is 398 g/mol. The molecule has 2 aromatic carbocycles. The zero-order chi connectivity index (χ0) is 21.8. The van der Waals surface area contributed by atoms with Gasteiger partial charge in [-0.3, -0.25) is 9.69 Å². The van der Waals surface area contributed by atoms with Crippen LogP contribution in [0.4, 0.5) is 0 Å². The molecule has 1 fully saturated rings. The second-order valence-electron chi connectivity index (χ2n) is 8.08. The number of benzene rings is 2. The van der Waals surface area contributed by atoms with E-state index in [1.54, 1.807) is 24.3 Å². The van der Waals surface area contributed by atoms with E-state index in [2.05, 4.69) is 42.8 Å². The van der Waals surface area contributed by atoms with Crippen LogP contribution in [0, 0.1) is 0 Å².